The van der Waals surface area contributed by atoms with Crippen LogP contribution < -0.4 is 15.1 Å². The quantitative estimate of drug-likeness (QED) is 0.622. The van der Waals surface area contributed by atoms with Gasteiger partial charge in [0.2, 0.25) is 0 Å². The molecule has 0 aromatic heterocycles. The van der Waals surface area contributed by atoms with Crippen molar-refractivity contribution in [3.05, 3.63) is 23.8 Å². The number of aryl methyl sites for hydroxylation is 1. The molecule has 2 heterocycles. The number of aliphatic imine (C=N–C) groups is 1. The van der Waals surface area contributed by atoms with Crippen LogP contribution in [0.3, 0.4) is 0 Å². The molecule has 34 heavy (non-hydrogen) atoms. The number of amides is 2. The van der Waals surface area contributed by atoms with E-state index in [0.717, 1.165) is 30.0 Å². The van der Waals surface area contributed by atoms with Crippen LogP contribution in [0.25, 0.3) is 0 Å². The number of sulfone groups is 1. The summed E-state index contributed by atoms with van der Waals surface area (Å²) in [6, 6.07) is 5.77. The topological polar surface area (TPSA) is 108 Å². The number of amidine groups is 1. The number of nitrogens with zero attached hydrogens (tertiary/aromatic N) is 3. The highest BCUT2D eigenvalue weighted by atomic mass is 32.2. The molecule has 188 valence electrons. The highest BCUT2D eigenvalue weighted by Gasteiger charge is 2.49. The van der Waals surface area contributed by atoms with E-state index < -0.39 is 27.4 Å². The van der Waals surface area contributed by atoms with E-state index in [0.29, 0.717) is 5.17 Å². The van der Waals surface area contributed by atoms with E-state index in [1.54, 1.807) is 20.8 Å². The Morgan fingerprint density at radius 1 is 1.24 bits per heavy atom. The fourth-order valence-corrected chi connectivity index (χ4v) is 8.07. The highest BCUT2D eigenvalue weighted by molar-refractivity contribution is 8.16. The van der Waals surface area contributed by atoms with Gasteiger partial charge in [0.25, 0.3) is 5.91 Å². The normalized spacial score (nSPS) is 22.5. The Bertz CT molecular complexity index is 1080. The first-order valence-corrected chi connectivity index (χ1v) is 14.1. The summed E-state index contributed by atoms with van der Waals surface area (Å²) in [7, 11) is -3.16. The average Bonchev–Trinajstić information content (AvgIpc) is 3.17. The first-order valence-electron chi connectivity index (χ1n) is 11.4. The Labute approximate surface area is 206 Å². The number of rotatable bonds is 6. The maximum atomic E-state index is 12.6. The van der Waals surface area contributed by atoms with E-state index in [1.807, 2.05) is 24.0 Å². The molecular weight excluding hydrogens is 476 g/mol. The molecule has 1 aromatic rings. The van der Waals surface area contributed by atoms with Crippen LogP contribution in [0.15, 0.2) is 23.2 Å². The van der Waals surface area contributed by atoms with Gasteiger partial charge in [-0.2, -0.15) is 4.99 Å². The fraction of sp³-hybridized carbons (Fsp3) is 0.609. The monoisotopic (exact) mass is 510 g/mol. The lowest BCUT2D eigenvalue weighted by atomic mass is 10.1. The van der Waals surface area contributed by atoms with Gasteiger partial charge in [0.1, 0.15) is 12.1 Å². The molecule has 1 aromatic carbocycles. The molecule has 0 saturated carbocycles. The molecule has 2 amide bonds. The van der Waals surface area contributed by atoms with Crippen molar-refractivity contribution in [2.45, 2.75) is 58.4 Å². The summed E-state index contributed by atoms with van der Waals surface area (Å²) < 4.78 is 29.8. The predicted molar refractivity (Wildman–Crippen MR) is 138 cm³/mol. The molecule has 1 N–H and O–H groups in total. The van der Waals surface area contributed by atoms with Crippen molar-refractivity contribution in [1.82, 2.24) is 5.32 Å². The van der Waals surface area contributed by atoms with Gasteiger partial charge in [-0.05, 0) is 65.3 Å². The molecule has 0 bridgehead atoms. The number of carbonyl (C=O) groups excluding carboxylic acids is 2. The third kappa shape index (κ3) is 6.24. The van der Waals surface area contributed by atoms with Gasteiger partial charge in [0.05, 0.1) is 17.5 Å². The van der Waals surface area contributed by atoms with Crippen molar-refractivity contribution < 1.29 is 22.7 Å². The van der Waals surface area contributed by atoms with Gasteiger partial charge in [-0.25, -0.2) is 13.2 Å². The van der Waals surface area contributed by atoms with Crippen LogP contribution in [0.1, 0.15) is 40.2 Å². The molecule has 2 fully saturated rings. The minimum Gasteiger partial charge on any atom is -0.444 e. The number of carbonyl (C=O) groups is 2. The zero-order chi connectivity index (χ0) is 25.3. The van der Waals surface area contributed by atoms with E-state index >= 15 is 0 Å². The van der Waals surface area contributed by atoms with Gasteiger partial charge in [0.15, 0.2) is 15.0 Å². The number of fused-ring (bicyclic) bond motifs is 1. The van der Waals surface area contributed by atoms with Gasteiger partial charge in [-0.3, -0.25) is 4.79 Å². The van der Waals surface area contributed by atoms with E-state index in [-0.39, 0.29) is 29.3 Å². The lowest BCUT2D eigenvalue weighted by Crippen LogP contribution is -2.39. The molecule has 2 saturated heterocycles. The summed E-state index contributed by atoms with van der Waals surface area (Å²) in [4.78, 5) is 32.8. The first-order chi connectivity index (χ1) is 15.8. The average molecular weight is 511 g/mol. The summed E-state index contributed by atoms with van der Waals surface area (Å²) in [5.41, 5.74) is 2.22. The number of thioether (sulfide) groups is 1. The number of anilines is 2. The standard InChI is InChI=1S/C23H34N4O5S2/c1-7-26(8-2)16-9-10-17(15(3)11-16)27-18-13-34(30,31)14-19(18)33-21(27)25-20(28)12-24-22(29)32-23(4,5)6/h9-11,18-19H,7-8,12-14H2,1-6H3,(H,24,29)/t18-,19-/m0/s1. The van der Waals surface area contributed by atoms with Crippen LogP contribution in [0.5, 0.6) is 0 Å². The SMILES string of the molecule is CCN(CC)c1ccc(N2C(=NC(=O)CNC(=O)OC(C)(C)C)S[C@H]3CS(=O)(=O)C[C@@H]32)c(C)c1. The fourth-order valence-electron chi connectivity index (χ4n) is 4.15. The maximum absolute atomic E-state index is 12.6. The number of hydrogen-bond donors (Lipinski definition) is 1. The van der Waals surface area contributed by atoms with Gasteiger partial charge in [-0.1, -0.05) is 11.8 Å². The molecule has 0 aliphatic carbocycles. The van der Waals surface area contributed by atoms with Gasteiger partial charge in [0, 0.05) is 29.7 Å². The lowest BCUT2D eigenvalue weighted by Gasteiger charge is -2.28. The Kier molecular flexibility index (Phi) is 7.86. The number of ether oxygens (including phenoxy) is 1. The molecule has 2 aliphatic heterocycles. The minimum atomic E-state index is -3.16. The zero-order valence-electron chi connectivity index (χ0n) is 20.6. The Morgan fingerprint density at radius 2 is 1.91 bits per heavy atom. The van der Waals surface area contributed by atoms with Crippen LogP contribution >= 0.6 is 11.8 Å². The van der Waals surface area contributed by atoms with Crippen LogP contribution in [0.4, 0.5) is 16.2 Å². The summed E-state index contributed by atoms with van der Waals surface area (Å²) in [6.07, 6.45) is -0.692. The highest BCUT2D eigenvalue weighted by Crippen LogP contribution is 2.42. The summed E-state index contributed by atoms with van der Waals surface area (Å²) in [5, 5.41) is 2.69. The maximum Gasteiger partial charge on any atom is 0.408 e. The van der Waals surface area contributed by atoms with E-state index in [4.69, 9.17) is 4.74 Å². The number of nitrogens with one attached hydrogen (secondary N) is 1. The van der Waals surface area contributed by atoms with Gasteiger partial charge >= 0.3 is 6.09 Å². The lowest BCUT2D eigenvalue weighted by molar-refractivity contribution is -0.117. The number of hydrogen-bond acceptors (Lipinski definition) is 7. The smallest absolute Gasteiger partial charge is 0.408 e. The molecule has 2 aliphatic rings. The third-order valence-electron chi connectivity index (χ3n) is 5.64. The van der Waals surface area contributed by atoms with Crippen molar-refractivity contribution in [1.29, 1.82) is 0 Å². The first kappa shape index (κ1) is 26.3. The van der Waals surface area contributed by atoms with E-state index in [2.05, 4.69) is 35.1 Å². The van der Waals surface area contributed by atoms with Crippen LogP contribution in [-0.4, -0.2) is 73.6 Å². The third-order valence-corrected chi connectivity index (χ3v) is 8.85. The predicted octanol–water partition coefficient (Wildman–Crippen LogP) is 2.97. The van der Waals surface area contributed by atoms with Crippen molar-refractivity contribution in [3.63, 3.8) is 0 Å². The zero-order valence-corrected chi connectivity index (χ0v) is 22.3. The van der Waals surface area contributed by atoms with Crippen LogP contribution in [0, 0.1) is 6.92 Å². The van der Waals surface area contributed by atoms with Gasteiger partial charge < -0.3 is 19.9 Å². The number of benzene rings is 1. The number of alkyl carbamates (subject to hydrolysis) is 1. The van der Waals surface area contributed by atoms with Crippen LogP contribution in [-0.2, 0) is 19.4 Å². The van der Waals surface area contributed by atoms with Gasteiger partial charge in [-0.15, -0.1) is 0 Å². The van der Waals surface area contributed by atoms with Crippen molar-refractivity contribution >= 4 is 50.1 Å². The molecular formula is C23H34N4O5S2. The molecule has 9 nitrogen and oxygen atoms in total. The van der Waals surface area contributed by atoms with E-state index in [1.165, 1.54) is 11.8 Å². The minimum absolute atomic E-state index is 0.0191. The molecule has 2 atom stereocenters. The molecule has 0 unspecified atom stereocenters. The summed E-state index contributed by atoms with van der Waals surface area (Å²) >= 11 is 1.31. The summed E-state index contributed by atoms with van der Waals surface area (Å²) in [5.74, 6) is -0.456. The van der Waals surface area contributed by atoms with Crippen molar-refractivity contribution in [3.8, 4) is 0 Å². The molecule has 11 heteroatoms. The second-order valence-electron chi connectivity index (χ2n) is 9.46. The Balaban J connectivity index is 1.86. The second kappa shape index (κ2) is 10.2. The molecule has 0 spiro atoms. The molecule has 0 radical (unpaired) electrons. The van der Waals surface area contributed by atoms with Crippen LogP contribution in [0.2, 0.25) is 0 Å². The summed E-state index contributed by atoms with van der Waals surface area (Å²) in [6.45, 7) is 12.8. The second-order valence-corrected chi connectivity index (χ2v) is 12.8. The largest absolute Gasteiger partial charge is 0.444 e. The Hall–Kier alpha value is -2.27. The van der Waals surface area contributed by atoms with Crippen molar-refractivity contribution in [2.24, 2.45) is 4.99 Å². The van der Waals surface area contributed by atoms with E-state index in [9.17, 15) is 18.0 Å². The Morgan fingerprint density at radius 3 is 2.50 bits per heavy atom. The van der Waals surface area contributed by atoms with Crippen molar-refractivity contribution in [2.75, 3.05) is 40.9 Å². The molecule has 3 rings (SSSR count).